The highest BCUT2D eigenvalue weighted by atomic mass is 15.2. The lowest BCUT2D eigenvalue weighted by molar-refractivity contribution is 0.141. The Morgan fingerprint density at radius 1 is 1.00 bits per heavy atom. The van der Waals surface area contributed by atoms with Gasteiger partial charge >= 0.3 is 0 Å². The first-order chi connectivity index (χ1) is 8.93. The second-order valence-electron chi connectivity index (χ2n) is 5.53. The normalized spacial score (nSPS) is 23.2. The lowest BCUT2D eigenvalue weighted by Gasteiger charge is -2.40. The van der Waals surface area contributed by atoms with Crippen LogP contribution in [0.3, 0.4) is 0 Å². The molecule has 0 bridgehead atoms. The summed E-state index contributed by atoms with van der Waals surface area (Å²) >= 11 is 0. The largest absolute Gasteiger partial charge is 0.370 e. The van der Waals surface area contributed by atoms with Crippen LogP contribution in [0.5, 0.6) is 0 Å². The van der Waals surface area contributed by atoms with Crippen molar-refractivity contribution in [1.82, 2.24) is 9.88 Å². The summed E-state index contributed by atoms with van der Waals surface area (Å²) in [6.07, 6.45) is 10.7. The Kier molecular flexibility index (Phi) is 3.79. The Balaban J connectivity index is 1.54. The summed E-state index contributed by atoms with van der Waals surface area (Å²) in [7, 11) is 0. The Morgan fingerprint density at radius 3 is 2.44 bits per heavy atom. The van der Waals surface area contributed by atoms with Gasteiger partial charge in [-0.3, -0.25) is 4.98 Å². The first-order valence-corrected chi connectivity index (χ1v) is 7.32. The molecule has 3 nitrogen and oxygen atoms in total. The number of aromatic nitrogens is 1. The molecule has 0 atom stereocenters. The maximum atomic E-state index is 4.22. The Labute approximate surface area is 110 Å². The molecule has 2 aliphatic heterocycles. The number of hydrogen-bond acceptors (Lipinski definition) is 3. The molecule has 0 N–H and O–H groups in total. The van der Waals surface area contributed by atoms with Gasteiger partial charge in [-0.1, -0.05) is 6.42 Å². The molecular weight excluding hydrogens is 222 g/mol. The van der Waals surface area contributed by atoms with E-state index in [-0.39, 0.29) is 0 Å². The number of nitrogens with zero attached hydrogens (tertiary/aromatic N) is 3. The quantitative estimate of drug-likeness (QED) is 0.798. The summed E-state index contributed by atoms with van der Waals surface area (Å²) in [5, 5.41) is 0. The van der Waals surface area contributed by atoms with E-state index in [0.717, 1.165) is 6.04 Å². The average molecular weight is 245 g/mol. The van der Waals surface area contributed by atoms with Crippen molar-refractivity contribution in [3.63, 3.8) is 0 Å². The van der Waals surface area contributed by atoms with Crippen molar-refractivity contribution in [2.24, 2.45) is 0 Å². The summed E-state index contributed by atoms with van der Waals surface area (Å²) < 4.78 is 0. The molecule has 3 heterocycles. The average Bonchev–Trinajstić information content (AvgIpc) is 2.49. The van der Waals surface area contributed by atoms with Crippen LogP contribution in [0.25, 0.3) is 0 Å². The van der Waals surface area contributed by atoms with Crippen molar-refractivity contribution in [3.8, 4) is 0 Å². The lowest BCUT2D eigenvalue weighted by atomic mass is 9.99. The standard InChI is InChI=1S/C15H23N3/c1-2-9-17(10-3-1)14-6-11-18(12-7-14)15-5-4-8-16-13-15/h4-5,8,13-14H,1-3,6-7,9-12H2. The van der Waals surface area contributed by atoms with E-state index in [1.54, 1.807) is 0 Å². The monoisotopic (exact) mass is 245 g/mol. The minimum atomic E-state index is 0.832. The number of hydrogen-bond donors (Lipinski definition) is 0. The van der Waals surface area contributed by atoms with E-state index < -0.39 is 0 Å². The minimum absolute atomic E-state index is 0.832. The van der Waals surface area contributed by atoms with Crippen LogP contribution in [0.4, 0.5) is 5.69 Å². The Morgan fingerprint density at radius 2 is 1.78 bits per heavy atom. The van der Waals surface area contributed by atoms with Gasteiger partial charge in [0.2, 0.25) is 0 Å². The summed E-state index contributed by atoms with van der Waals surface area (Å²) in [4.78, 5) is 9.42. The third-order valence-electron chi connectivity index (χ3n) is 4.38. The third kappa shape index (κ3) is 2.66. The highest BCUT2D eigenvalue weighted by Crippen LogP contribution is 2.23. The predicted octanol–water partition coefficient (Wildman–Crippen LogP) is 2.54. The molecule has 0 saturated carbocycles. The van der Waals surface area contributed by atoms with Gasteiger partial charge in [0.25, 0.3) is 0 Å². The molecule has 2 saturated heterocycles. The molecule has 2 fully saturated rings. The van der Waals surface area contributed by atoms with Crippen LogP contribution in [-0.4, -0.2) is 42.1 Å². The predicted molar refractivity (Wildman–Crippen MR) is 74.9 cm³/mol. The highest BCUT2D eigenvalue weighted by Gasteiger charge is 2.25. The molecule has 0 amide bonds. The molecule has 0 aromatic carbocycles. The van der Waals surface area contributed by atoms with Crippen molar-refractivity contribution in [3.05, 3.63) is 24.5 Å². The van der Waals surface area contributed by atoms with E-state index in [1.807, 2.05) is 18.5 Å². The third-order valence-corrected chi connectivity index (χ3v) is 4.38. The summed E-state index contributed by atoms with van der Waals surface area (Å²) in [6.45, 7) is 5.04. The fourth-order valence-corrected chi connectivity index (χ4v) is 3.31. The SMILES string of the molecule is c1cncc(N2CCC(N3CCCCC3)CC2)c1. The molecule has 1 aromatic heterocycles. The topological polar surface area (TPSA) is 19.4 Å². The van der Waals surface area contributed by atoms with Crippen molar-refractivity contribution < 1.29 is 0 Å². The second kappa shape index (κ2) is 5.70. The first kappa shape index (κ1) is 12.0. The van der Waals surface area contributed by atoms with E-state index in [4.69, 9.17) is 0 Å². The van der Waals surface area contributed by atoms with Crippen molar-refractivity contribution >= 4 is 5.69 Å². The minimum Gasteiger partial charge on any atom is -0.370 e. The molecule has 18 heavy (non-hydrogen) atoms. The van der Waals surface area contributed by atoms with E-state index >= 15 is 0 Å². The van der Waals surface area contributed by atoms with Gasteiger partial charge in [-0.05, 0) is 50.9 Å². The Bertz CT molecular complexity index is 351. The zero-order valence-corrected chi connectivity index (χ0v) is 11.1. The van der Waals surface area contributed by atoms with Crippen LogP contribution < -0.4 is 4.90 Å². The van der Waals surface area contributed by atoms with Gasteiger partial charge in [0.1, 0.15) is 0 Å². The summed E-state index contributed by atoms with van der Waals surface area (Å²) in [5.41, 5.74) is 1.29. The lowest BCUT2D eigenvalue weighted by Crippen LogP contribution is -2.46. The van der Waals surface area contributed by atoms with Gasteiger partial charge in [0.15, 0.2) is 0 Å². The number of anilines is 1. The van der Waals surface area contributed by atoms with Crippen LogP contribution >= 0.6 is 0 Å². The number of pyridine rings is 1. The summed E-state index contributed by atoms with van der Waals surface area (Å²) in [6, 6.07) is 5.04. The van der Waals surface area contributed by atoms with Gasteiger partial charge < -0.3 is 9.80 Å². The van der Waals surface area contributed by atoms with Crippen molar-refractivity contribution in [2.45, 2.75) is 38.1 Å². The molecule has 0 spiro atoms. The van der Waals surface area contributed by atoms with Gasteiger partial charge in [-0.2, -0.15) is 0 Å². The molecule has 0 aliphatic carbocycles. The van der Waals surface area contributed by atoms with Crippen molar-refractivity contribution in [1.29, 1.82) is 0 Å². The van der Waals surface area contributed by atoms with Gasteiger partial charge in [-0.15, -0.1) is 0 Å². The van der Waals surface area contributed by atoms with E-state index in [9.17, 15) is 0 Å². The van der Waals surface area contributed by atoms with Crippen LogP contribution in [0, 0.1) is 0 Å². The number of piperidine rings is 2. The van der Waals surface area contributed by atoms with E-state index in [0.29, 0.717) is 0 Å². The molecule has 0 radical (unpaired) electrons. The zero-order valence-electron chi connectivity index (χ0n) is 11.1. The maximum Gasteiger partial charge on any atom is 0.0552 e. The first-order valence-electron chi connectivity index (χ1n) is 7.32. The number of rotatable bonds is 2. The molecular formula is C15H23N3. The maximum absolute atomic E-state index is 4.22. The van der Waals surface area contributed by atoms with Crippen molar-refractivity contribution in [2.75, 3.05) is 31.1 Å². The fourth-order valence-electron chi connectivity index (χ4n) is 3.31. The molecule has 98 valence electrons. The molecule has 0 unspecified atom stereocenters. The smallest absolute Gasteiger partial charge is 0.0552 e. The van der Waals surface area contributed by atoms with E-state index in [1.165, 1.54) is 64.0 Å². The van der Waals surface area contributed by atoms with Gasteiger partial charge in [0, 0.05) is 25.3 Å². The molecule has 3 heteroatoms. The molecule has 3 rings (SSSR count). The summed E-state index contributed by atoms with van der Waals surface area (Å²) in [5.74, 6) is 0. The van der Waals surface area contributed by atoms with Gasteiger partial charge in [0.05, 0.1) is 11.9 Å². The van der Waals surface area contributed by atoms with E-state index in [2.05, 4.69) is 20.9 Å². The van der Waals surface area contributed by atoms with Gasteiger partial charge in [-0.25, -0.2) is 0 Å². The highest BCUT2D eigenvalue weighted by molar-refractivity contribution is 5.43. The van der Waals surface area contributed by atoms with Crippen LogP contribution in [0.2, 0.25) is 0 Å². The number of likely N-dealkylation sites (tertiary alicyclic amines) is 1. The Hall–Kier alpha value is -1.09. The van der Waals surface area contributed by atoms with Crippen LogP contribution in [0.1, 0.15) is 32.1 Å². The van der Waals surface area contributed by atoms with Crippen LogP contribution in [-0.2, 0) is 0 Å². The second-order valence-corrected chi connectivity index (χ2v) is 5.53. The zero-order chi connectivity index (χ0) is 12.2. The van der Waals surface area contributed by atoms with Crippen LogP contribution in [0.15, 0.2) is 24.5 Å². The molecule has 2 aliphatic rings. The fraction of sp³-hybridized carbons (Fsp3) is 0.667. The molecule has 1 aromatic rings.